The molecule has 1 amide bonds. The number of nitrogens with one attached hydrogen (secondary N) is 1. The SMILES string of the molecule is NCC1(C(=O)NC2CN3CCC2CC3)CCCCC1. The third-order valence-electron chi connectivity index (χ3n) is 5.66. The van der Waals surface area contributed by atoms with Gasteiger partial charge in [0.25, 0.3) is 0 Å². The van der Waals surface area contributed by atoms with Gasteiger partial charge in [0.05, 0.1) is 5.41 Å². The lowest BCUT2D eigenvalue weighted by molar-refractivity contribution is -0.134. The molecule has 0 radical (unpaired) electrons. The fourth-order valence-corrected chi connectivity index (χ4v) is 4.20. The third-order valence-corrected chi connectivity index (χ3v) is 5.66. The molecule has 1 aliphatic carbocycles. The molecular formula is C15H27N3O. The zero-order chi connectivity index (χ0) is 13.3. The summed E-state index contributed by atoms with van der Waals surface area (Å²) in [5.74, 6) is 0.945. The van der Waals surface area contributed by atoms with Gasteiger partial charge in [0, 0.05) is 19.1 Å². The Balaban J connectivity index is 1.63. The molecule has 4 nitrogen and oxygen atoms in total. The van der Waals surface area contributed by atoms with Crippen LogP contribution in [-0.2, 0) is 4.79 Å². The number of hydrogen-bond donors (Lipinski definition) is 2. The second-order valence-electron chi connectivity index (χ2n) is 6.76. The molecule has 4 fully saturated rings. The minimum absolute atomic E-state index is 0.244. The normalized spacial score (nSPS) is 37.0. The third kappa shape index (κ3) is 2.52. The van der Waals surface area contributed by atoms with E-state index in [1.165, 1.54) is 32.4 Å². The highest BCUT2D eigenvalue weighted by Gasteiger charge is 2.41. The summed E-state index contributed by atoms with van der Waals surface area (Å²) in [5.41, 5.74) is 5.69. The van der Waals surface area contributed by atoms with Gasteiger partial charge < -0.3 is 16.0 Å². The van der Waals surface area contributed by atoms with Crippen molar-refractivity contribution in [2.45, 2.75) is 51.0 Å². The van der Waals surface area contributed by atoms with Gasteiger partial charge in [-0.1, -0.05) is 19.3 Å². The summed E-state index contributed by atoms with van der Waals surface area (Å²) < 4.78 is 0. The van der Waals surface area contributed by atoms with E-state index in [4.69, 9.17) is 5.73 Å². The van der Waals surface area contributed by atoms with E-state index in [2.05, 4.69) is 10.2 Å². The molecular weight excluding hydrogens is 238 g/mol. The lowest BCUT2D eigenvalue weighted by Crippen LogP contribution is -2.60. The number of nitrogens with two attached hydrogens (primary N) is 1. The van der Waals surface area contributed by atoms with Gasteiger partial charge in [-0.3, -0.25) is 4.79 Å². The van der Waals surface area contributed by atoms with Crippen molar-refractivity contribution in [3.63, 3.8) is 0 Å². The summed E-state index contributed by atoms with van der Waals surface area (Å²) in [6.07, 6.45) is 8.04. The molecule has 1 atom stereocenters. The second-order valence-corrected chi connectivity index (χ2v) is 6.76. The predicted molar refractivity (Wildman–Crippen MR) is 75.7 cm³/mol. The zero-order valence-corrected chi connectivity index (χ0v) is 11.9. The van der Waals surface area contributed by atoms with E-state index < -0.39 is 0 Å². The molecule has 3 N–H and O–H groups in total. The van der Waals surface area contributed by atoms with Crippen molar-refractivity contribution in [2.24, 2.45) is 17.1 Å². The Morgan fingerprint density at radius 3 is 2.42 bits per heavy atom. The van der Waals surface area contributed by atoms with Crippen LogP contribution in [0.4, 0.5) is 0 Å². The van der Waals surface area contributed by atoms with Crippen LogP contribution in [0.2, 0.25) is 0 Å². The van der Waals surface area contributed by atoms with Crippen LogP contribution >= 0.6 is 0 Å². The van der Waals surface area contributed by atoms with Crippen molar-refractivity contribution in [3.05, 3.63) is 0 Å². The van der Waals surface area contributed by atoms with Crippen molar-refractivity contribution < 1.29 is 4.79 Å². The topological polar surface area (TPSA) is 58.4 Å². The lowest BCUT2D eigenvalue weighted by Gasteiger charge is -2.46. The minimum atomic E-state index is -0.260. The molecule has 1 saturated carbocycles. The van der Waals surface area contributed by atoms with Crippen molar-refractivity contribution in [1.82, 2.24) is 10.2 Å². The molecule has 19 heavy (non-hydrogen) atoms. The van der Waals surface area contributed by atoms with E-state index in [1.54, 1.807) is 0 Å². The van der Waals surface area contributed by atoms with Crippen LogP contribution in [0.25, 0.3) is 0 Å². The number of rotatable bonds is 3. The molecule has 1 unspecified atom stereocenters. The standard InChI is InChI=1S/C15H27N3O/c16-11-15(6-2-1-3-7-15)14(19)17-13-10-18-8-4-12(13)5-9-18/h12-13H,1-11,16H2,(H,17,19). The molecule has 3 heterocycles. The first kappa shape index (κ1) is 13.4. The van der Waals surface area contributed by atoms with Crippen LogP contribution < -0.4 is 11.1 Å². The van der Waals surface area contributed by atoms with Gasteiger partial charge in [0.15, 0.2) is 0 Å². The Morgan fingerprint density at radius 2 is 1.89 bits per heavy atom. The maximum absolute atomic E-state index is 12.7. The monoisotopic (exact) mass is 265 g/mol. The van der Waals surface area contributed by atoms with Gasteiger partial charge in [-0.15, -0.1) is 0 Å². The second kappa shape index (κ2) is 5.41. The van der Waals surface area contributed by atoms with Crippen LogP contribution in [-0.4, -0.2) is 43.0 Å². The fourth-order valence-electron chi connectivity index (χ4n) is 4.20. The van der Waals surface area contributed by atoms with E-state index in [1.807, 2.05) is 0 Å². The number of hydrogen-bond acceptors (Lipinski definition) is 3. The molecule has 0 spiro atoms. The number of piperidine rings is 3. The highest BCUT2D eigenvalue weighted by atomic mass is 16.2. The summed E-state index contributed by atoms with van der Waals surface area (Å²) >= 11 is 0. The van der Waals surface area contributed by atoms with Crippen molar-refractivity contribution in [1.29, 1.82) is 0 Å². The first-order chi connectivity index (χ1) is 9.23. The Hall–Kier alpha value is -0.610. The fraction of sp³-hybridized carbons (Fsp3) is 0.933. The molecule has 108 valence electrons. The minimum Gasteiger partial charge on any atom is -0.351 e. The molecule has 4 heteroatoms. The molecule has 0 aromatic heterocycles. The highest BCUT2D eigenvalue weighted by molar-refractivity contribution is 5.83. The largest absolute Gasteiger partial charge is 0.351 e. The first-order valence-electron chi connectivity index (χ1n) is 7.97. The van der Waals surface area contributed by atoms with Gasteiger partial charge in [0.2, 0.25) is 5.91 Å². The maximum atomic E-state index is 12.7. The smallest absolute Gasteiger partial charge is 0.227 e. The Labute approximate surface area is 116 Å². The summed E-state index contributed by atoms with van der Waals surface area (Å²) in [5, 5.41) is 3.35. The maximum Gasteiger partial charge on any atom is 0.227 e. The molecule has 2 bridgehead atoms. The summed E-state index contributed by atoms with van der Waals surface area (Å²) in [6, 6.07) is 0.375. The highest BCUT2D eigenvalue weighted by Crippen LogP contribution is 2.36. The van der Waals surface area contributed by atoms with Crippen LogP contribution in [0.15, 0.2) is 0 Å². The van der Waals surface area contributed by atoms with Gasteiger partial charge in [-0.25, -0.2) is 0 Å². The first-order valence-corrected chi connectivity index (χ1v) is 7.97. The van der Waals surface area contributed by atoms with E-state index in [0.29, 0.717) is 18.5 Å². The van der Waals surface area contributed by atoms with Crippen LogP contribution in [0.1, 0.15) is 44.9 Å². The summed E-state index contributed by atoms with van der Waals surface area (Å²) in [4.78, 5) is 15.2. The van der Waals surface area contributed by atoms with E-state index in [9.17, 15) is 4.79 Å². The Bertz CT molecular complexity index is 330. The number of amides is 1. The average Bonchev–Trinajstić information content (AvgIpc) is 2.49. The number of fused-ring (bicyclic) bond motifs is 3. The van der Waals surface area contributed by atoms with Crippen LogP contribution in [0, 0.1) is 11.3 Å². The molecule has 4 rings (SSSR count). The number of carbonyl (C=O) groups is 1. The van der Waals surface area contributed by atoms with E-state index in [-0.39, 0.29) is 11.3 Å². The summed E-state index contributed by atoms with van der Waals surface area (Å²) in [6.45, 7) is 4.01. The molecule has 0 aromatic carbocycles. The number of carbonyl (C=O) groups excluding carboxylic acids is 1. The lowest BCUT2D eigenvalue weighted by atomic mass is 9.72. The number of nitrogens with zero attached hydrogens (tertiary/aromatic N) is 1. The van der Waals surface area contributed by atoms with Crippen LogP contribution in [0.3, 0.4) is 0 Å². The van der Waals surface area contributed by atoms with E-state index in [0.717, 1.165) is 32.2 Å². The average molecular weight is 265 g/mol. The molecule has 3 saturated heterocycles. The Kier molecular flexibility index (Phi) is 3.81. The van der Waals surface area contributed by atoms with Crippen LogP contribution in [0.5, 0.6) is 0 Å². The van der Waals surface area contributed by atoms with E-state index >= 15 is 0 Å². The predicted octanol–water partition coefficient (Wildman–Crippen LogP) is 1.11. The molecule has 4 aliphatic rings. The Morgan fingerprint density at radius 1 is 1.21 bits per heavy atom. The molecule has 0 aromatic rings. The van der Waals surface area contributed by atoms with Gasteiger partial charge in [-0.05, 0) is 44.7 Å². The van der Waals surface area contributed by atoms with Gasteiger partial charge in [-0.2, -0.15) is 0 Å². The zero-order valence-electron chi connectivity index (χ0n) is 11.9. The van der Waals surface area contributed by atoms with Crippen molar-refractivity contribution in [2.75, 3.05) is 26.2 Å². The van der Waals surface area contributed by atoms with Gasteiger partial charge in [0.1, 0.15) is 0 Å². The molecule has 3 aliphatic heterocycles. The van der Waals surface area contributed by atoms with Crippen molar-refractivity contribution in [3.8, 4) is 0 Å². The van der Waals surface area contributed by atoms with Crippen molar-refractivity contribution >= 4 is 5.91 Å². The quantitative estimate of drug-likeness (QED) is 0.803. The summed E-state index contributed by atoms with van der Waals surface area (Å²) in [7, 11) is 0. The van der Waals surface area contributed by atoms with Gasteiger partial charge >= 0.3 is 0 Å².